The standard InChI is InChI=1S/C14H23NO3/c16-14-11(4-5-13-17-9-10-18-13)6-8-15-7-2-1-3-12(14)15/h11-13H,1-10H2/t11-,12+/m1/s1. The zero-order valence-corrected chi connectivity index (χ0v) is 11.0. The van der Waals surface area contributed by atoms with Crippen molar-refractivity contribution in [3.05, 3.63) is 0 Å². The topological polar surface area (TPSA) is 38.8 Å². The number of hydrogen-bond acceptors (Lipinski definition) is 4. The maximum atomic E-state index is 12.4. The van der Waals surface area contributed by atoms with E-state index in [1.165, 1.54) is 12.8 Å². The maximum absolute atomic E-state index is 12.4. The number of fused-ring (bicyclic) bond motifs is 1. The van der Waals surface area contributed by atoms with Gasteiger partial charge in [0, 0.05) is 5.92 Å². The summed E-state index contributed by atoms with van der Waals surface area (Å²) >= 11 is 0. The molecule has 3 fully saturated rings. The Bertz CT molecular complexity index is 301. The number of Topliss-reactive ketones (excluding diaryl/α,β-unsaturated/α-hetero) is 1. The smallest absolute Gasteiger partial charge is 0.157 e. The molecule has 0 unspecified atom stereocenters. The molecule has 4 nitrogen and oxygen atoms in total. The Morgan fingerprint density at radius 1 is 1.06 bits per heavy atom. The van der Waals surface area contributed by atoms with Crippen LogP contribution in [0.3, 0.4) is 0 Å². The molecule has 0 aliphatic carbocycles. The first kappa shape index (κ1) is 12.6. The molecule has 0 aromatic rings. The lowest BCUT2D eigenvalue weighted by Crippen LogP contribution is -2.51. The molecule has 0 radical (unpaired) electrons. The third kappa shape index (κ3) is 2.60. The molecule has 0 amide bonds. The van der Waals surface area contributed by atoms with E-state index in [2.05, 4.69) is 4.90 Å². The number of piperidine rings is 2. The summed E-state index contributed by atoms with van der Waals surface area (Å²) in [6, 6.07) is 0.225. The van der Waals surface area contributed by atoms with E-state index in [4.69, 9.17) is 9.47 Å². The molecular formula is C14H23NO3. The van der Waals surface area contributed by atoms with E-state index < -0.39 is 0 Å². The summed E-state index contributed by atoms with van der Waals surface area (Å²) in [5.74, 6) is 0.732. The van der Waals surface area contributed by atoms with E-state index in [1.54, 1.807) is 0 Å². The van der Waals surface area contributed by atoms with E-state index in [0.29, 0.717) is 19.0 Å². The molecule has 3 aliphatic heterocycles. The minimum atomic E-state index is -0.0535. The number of hydrogen-bond donors (Lipinski definition) is 0. The highest BCUT2D eigenvalue weighted by atomic mass is 16.7. The van der Waals surface area contributed by atoms with Crippen LogP contribution in [0.25, 0.3) is 0 Å². The van der Waals surface area contributed by atoms with Crippen LogP contribution < -0.4 is 0 Å². The number of ketones is 1. The Morgan fingerprint density at radius 3 is 2.72 bits per heavy atom. The van der Waals surface area contributed by atoms with E-state index in [1.807, 2.05) is 0 Å². The summed E-state index contributed by atoms with van der Waals surface area (Å²) < 4.78 is 10.9. The van der Waals surface area contributed by atoms with Gasteiger partial charge in [0.05, 0.1) is 19.3 Å². The largest absolute Gasteiger partial charge is 0.350 e. The fourth-order valence-electron chi connectivity index (χ4n) is 3.51. The summed E-state index contributed by atoms with van der Waals surface area (Å²) in [5, 5.41) is 0. The van der Waals surface area contributed by atoms with Crippen LogP contribution in [0.5, 0.6) is 0 Å². The zero-order valence-electron chi connectivity index (χ0n) is 11.0. The van der Waals surface area contributed by atoms with Crippen LogP contribution in [0, 0.1) is 5.92 Å². The van der Waals surface area contributed by atoms with Gasteiger partial charge in [-0.3, -0.25) is 9.69 Å². The highest BCUT2D eigenvalue weighted by molar-refractivity contribution is 5.87. The van der Waals surface area contributed by atoms with Gasteiger partial charge in [-0.1, -0.05) is 6.42 Å². The van der Waals surface area contributed by atoms with Gasteiger partial charge >= 0.3 is 0 Å². The predicted octanol–water partition coefficient (Wildman–Crippen LogP) is 1.58. The second-order valence-electron chi connectivity index (χ2n) is 5.68. The van der Waals surface area contributed by atoms with Crippen LogP contribution in [0.2, 0.25) is 0 Å². The SMILES string of the molecule is O=C1[C@H](CCC2OCCO2)CCN2CCCC[C@@H]12. The summed E-state index contributed by atoms with van der Waals surface area (Å²) in [6.45, 7) is 3.64. The third-order valence-corrected chi connectivity index (χ3v) is 4.55. The molecular weight excluding hydrogens is 230 g/mol. The second kappa shape index (κ2) is 5.68. The van der Waals surface area contributed by atoms with Crippen molar-refractivity contribution in [3.8, 4) is 0 Å². The molecule has 102 valence electrons. The van der Waals surface area contributed by atoms with Crippen molar-refractivity contribution < 1.29 is 14.3 Å². The zero-order chi connectivity index (χ0) is 12.4. The highest BCUT2D eigenvalue weighted by Crippen LogP contribution is 2.30. The molecule has 0 bridgehead atoms. The van der Waals surface area contributed by atoms with Crippen LogP contribution in [0.4, 0.5) is 0 Å². The van der Waals surface area contributed by atoms with E-state index >= 15 is 0 Å². The lowest BCUT2D eigenvalue weighted by Gasteiger charge is -2.41. The van der Waals surface area contributed by atoms with Crippen LogP contribution in [-0.4, -0.2) is 49.3 Å². The second-order valence-corrected chi connectivity index (χ2v) is 5.68. The highest BCUT2D eigenvalue weighted by Gasteiger charge is 2.37. The van der Waals surface area contributed by atoms with Crippen molar-refractivity contribution in [1.29, 1.82) is 0 Å². The van der Waals surface area contributed by atoms with Gasteiger partial charge < -0.3 is 9.47 Å². The van der Waals surface area contributed by atoms with Crippen molar-refractivity contribution >= 4 is 5.78 Å². The lowest BCUT2D eigenvalue weighted by atomic mass is 9.82. The molecule has 3 rings (SSSR count). The predicted molar refractivity (Wildman–Crippen MR) is 67.3 cm³/mol. The van der Waals surface area contributed by atoms with Crippen LogP contribution >= 0.6 is 0 Å². The molecule has 3 saturated heterocycles. The van der Waals surface area contributed by atoms with Gasteiger partial charge in [-0.15, -0.1) is 0 Å². The number of rotatable bonds is 3. The monoisotopic (exact) mass is 253 g/mol. The molecule has 0 spiro atoms. The normalized spacial score (nSPS) is 34.8. The van der Waals surface area contributed by atoms with Gasteiger partial charge in [0.25, 0.3) is 0 Å². The minimum Gasteiger partial charge on any atom is -0.350 e. The van der Waals surface area contributed by atoms with Crippen molar-refractivity contribution in [2.45, 2.75) is 50.9 Å². The van der Waals surface area contributed by atoms with Crippen LogP contribution in [0.1, 0.15) is 38.5 Å². The van der Waals surface area contributed by atoms with E-state index in [9.17, 15) is 4.79 Å². The lowest BCUT2D eigenvalue weighted by molar-refractivity contribution is -0.134. The molecule has 4 heteroatoms. The van der Waals surface area contributed by atoms with Gasteiger partial charge in [-0.2, -0.15) is 0 Å². The summed E-state index contributed by atoms with van der Waals surface area (Å²) in [6.07, 6.45) is 6.35. The maximum Gasteiger partial charge on any atom is 0.157 e. The van der Waals surface area contributed by atoms with Gasteiger partial charge in [0.1, 0.15) is 0 Å². The first-order valence-electron chi connectivity index (χ1n) is 7.35. The Morgan fingerprint density at radius 2 is 1.89 bits per heavy atom. The van der Waals surface area contributed by atoms with E-state index in [0.717, 1.165) is 38.8 Å². The molecule has 0 aromatic heterocycles. The fraction of sp³-hybridized carbons (Fsp3) is 0.929. The van der Waals surface area contributed by atoms with Gasteiger partial charge in [-0.25, -0.2) is 0 Å². The average molecular weight is 253 g/mol. The van der Waals surface area contributed by atoms with Crippen LogP contribution in [-0.2, 0) is 14.3 Å². The molecule has 2 atom stereocenters. The number of ether oxygens (including phenoxy) is 2. The molecule has 18 heavy (non-hydrogen) atoms. The fourth-order valence-corrected chi connectivity index (χ4v) is 3.51. The van der Waals surface area contributed by atoms with Gasteiger partial charge in [0.15, 0.2) is 12.1 Å². The van der Waals surface area contributed by atoms with Crippen molar-refractivity contribution in [2.75, 3.05) is 26.3 Å². The number of carbonyl (C=O) groups excluding carboxylic acids is 1. The molecule has 0 saturated carbocycles. The third-order valence-electron chi connectivity index (χ3n) is 4.55. The first-order valence-corrected chi connectivity index (χ1v) is 7.35. The van der Waals surface area contributed by atoms with Crippen molar-refractivity contribution in [1.82, 2.24) is 4.90 Å². The first-order chi connectivity index (χ1) is 8.84. The Balaban J connectivity index is 1.51. The molecule has 3 heterocycles. The Kier molecular flexibility index (Phi) is 3.97. The van der Waals surface area contributed by atoms with Crippen molar-refractivity contribution in [2.24, 2.45) is 5.92 Å². The summed E-state index contributed by atoms with van der Waals surface area (Å²) in [4.78, 5) is 14.8. The quantitative estimate of drug-likeness (QED) is 0.765. The number of nitrogens with zero attached hydrogens (tertiary/aromatic N) is 1. The van der Waals surface area contributed by atoms with Gasteiger partial charge in [0.2, 0.25) is 0 Å². The summed E-state index contributed by atoms with van der Waals surface area (Å²) in [7, 11) is 0. The summed E-state index contributed by atoms with van der Waals surface area (Å²) in [5.41, 5.74) is 0. The van der Waals surface area contributed by atoms with Crippen molar-refractivity contribution in [3.63, 3.8) is 0 Å². The van der Waals surface area contributed by atoms with Crippen LogP contribution in [0.15, 0.2) is 0 Å². The Labute approximate surface area is 109 Å². The molecule has 0 aromatic carbocycles. The minimum absolute atomic E-state index is 0.0535. The molecule has 0 N–H and O–H groups in total. The number of carbonyl (C=O) groups is 1. The van der Waals surface area contributed by atoms with E-state index in [-0.39, 0.29) is 18.2 Å². The Hall–Kier alpha value is -0.450. The average Bonchev–Trinajstić information content (AvgIpc) is 2.91. The van der Waals surface area contributed by atoms with Gasteiger partial charge in [-0.05, 0) is 45.2 Å². The molecule has 3 aliphatic rings.